The Bertz CT molecular complexity index is 394. The summed E-state index contributed by atoms with van der Waals surface area (Å²) in [5.74, 6) is -27.1. The number of Topliss-reactive ketones (excluding diaryl/α,β-unsaturated/α-hetero) is 1. The molecule has 0 rings (SSSR count). The van der Waals surface area contributed by atoms with E-state index in [1.807, 2.05) is 0 Å². The van der Waals surface area contributed by atoms with Gasteiger partial charge in [-0.15, -0.1) is 0 Å². The first kappa shape index (κ1) is 24.0. The van der Waals surface area contributed by atoms with Crippen molar-refractivity contribution < 1.29 is 67.7 Å². The summed E-state index contributed by atoms with van der Waals surface area (Å²) in [5.41, 5.74) is 0. The smallest absolute Gasteiger partial charge is 0.394 e. The third kappa shape index (κ3) is 4.86. The molecule has 0 aliphatic carbocycles. The maximum absolute atomic E-state index is 12.3. The first-order valence-corrected chi connectivity index (χ1v) is 4.85. The zero-order valence-electron chi connectivity index (χ0n) is 10.3. The fourth-order valence-electron chi connectivity index (χ4n) is 0.696. The molecule has 0 spiro atoms. The van der Waals surface area contributed by atoms with Crippen molar-refractivity contribution in [3.05, 3.63) is 0 Å². The number of aliphatic hydroxyl groups excluding tert-OH is 2. The average Bonchev–Trinajstić information content (AvgIpc) is 2.35. The standard InChI is InChI=1S/C6F12O.C2H6O2/c7-2(8,1(19)3(9,10)11)4(12,13)5(14,15)6(16,17)18;3-1-2-4/h;3-4H,1-2H2. The van der Waals surface area contributed by atoms with Gasteiger partial charge in [0.05, 0.1) is 13.2 Å². The van der Waals surface area contributed by atoms with Gasteiger partial charge in [-0.25, -0.2) is 0 Å². The molecule has 23 heavy (non-hydrogen) atoms. The minimum absolute atomic E-state index is 0.125. The second-order valence-electron chi connectivity index (χ2n) is 3.50. The summed E-state index contributed by atoms with van der Waals surface area (Å²) >= 11 is 0. The van der Waals surface area contributed by atoms with Crippen LogP contribution in [-0.4, -0.2) is 59.3 Å². The van der Waals surface area contributed by atoms with Crippen molar-refractivity contribution in [3.8, 4) is 0 Å². The molecule has 140 valence electrons. The zero-order chi connectivity index (χ0) is 19.5. The van der Waals surface area contributed by atoms with Crippen LogP contribution in [0.1, 0.15) is 0 Å². The van der Waals surface area contributed by atoms with Gasteiger partial charge in [0.2, 0.25) is 0 Å². The quantitative estimate of drug-likeness (QED) is 0.740. The molecule has 0 radical (unpaired) electrons. The number of halogens is 12. The molecule has 0 heterocycles. The third-order valence-corrected chi connectivity index (χ3v) is 1.79. The van der Waals surface area contributed by atoms with Gasteiger partial charge >= 0.3 is 35.9 Å². The van der Waals surface area contributed by atoms with Gasteiger partial charge in [-0.3, -0.25) is 4.79 Å². The van der Waals surface area contributed by atoms with Crippen LogP contribution >= 0.6 is 0 Å². The Morgan fingerprint density at radius 1 is 0.652 bits per heavy atom. The average molecular weight is 378 g/mol. The topological polar surface area (TPSA) is 57.5 Å². The Labute approximate surface area is 118 Å². The van der Waals surface area contributed by atoms with Crippen molar-refractivity contribution in [2.24, 2.45) is 0 Å². The highest BCUT2D eigenvalue weighted by Crippen LogP contribution is 2.54. The lowest BCUT2D eigenvalue weighted by Crippen LogP contribution is -2.65. The molecule has 0 aliphatic heterocycles. The van der Waals surface area contributed by atoms with Crippen LogP contribution in [0.15, 0.2) is 0 Å². The van der Waals surface area contributed by atoms with E-state index in [1.54, 1.807) is 0 Å². The highest BCUT2D eigenvalue weighted by Gasteiger charge is 2.85. The normalized spacial score (nSPS) is 14.2. The third-order valence-electron chi connectivity index (χ3n) is 1.79. The molecule has 2 N–H and O–H groups in total. The first-order chi connectivity index (χ1) is 9.82. The highest BCUT2D eigenvalue weighted by molar-refractivity contribution is 5.91. The van der Waals surface area contributed by atoms with Crippen molar-refractivity contribution in [2.45, 2.75) is 30.1 Å². The van der Waals surface area contributed by atoms with Crippen molar-refractivity contribution in [2.75, 3.05) is 13.2 Å². The lowest BCUT2D eigenvalue weighted by molar-refractivity contribution is -0.390. The molecule has 0 aromatic carbocycles. The van der Waals surface area contributed by atoms with Crippen molar-refractivity contribution >= 4 is 5.78 Å². The molecular formula is C8H6F12O3. The Hall–Kier alpha value is -1.25. The summed E-state index contributed by atoms with van der Waals surface area (Å²) < 4.78 is 142. The van der Waals surface area contributed by atoms with Gasteiger partial charge in [0, 0.05) is 0 Å². The predicted octanol–water partition coefficient (Wildman–Crippen LogP) is 2.56. The second-order valence-corrected chi connectivity index (χ2v) is 3.50. The largest absolute Gasteiger partial charge is 0.460 e. The molecule has 0 saturated heterocycles. The van der Waals surface area contributed by atoms with Gasteiger partial charge in [0.25, 0.3) is 0 Å². The second kappa shape index (κ2) is 7.11. The number of hydrogen-bond donors (Lipinski definition) is 2. The summed E-state index contributed by atoms with van der Waals surface area (Å²) in [6.45, 7) is -0.250. The SMILES string of the molecule is O=C(C(F)(F)F)C(F)(F)C(F)(F)C(F)(F)C(F)(F)F.OCCO. The van der Waals surface area contributed by atoms with Gasteiger partial charge in [-0.1, -0.05) is 0 Å². The van der Waals surface area contributed by atoms with Crippen LogP contribution in [0.2, 0.25) is 0 Å². The van der Waals surface area contributed by atoms with E-state index in [4.69, 9.17) is 10.2 Å². The molecule has 0 atom stereocenters. The number of carbonyl (C=O) groups excluding carboxylic acids is 1. The van der Waals surface area contributed by atoms with Crippen LogP contribution in [-0.2, 0) is 4.79 Å². The van der Waals surface area contributed by atoms with Gasteiger partial charge < -0.3 is 10.2 Å². The molecular weight excluding hydrogens is 372 g/mol. The Morgan fingerprint density at radius 2 is 0.957 bits per heavy atom. The summed E-state index contributed by atoms with van der Waals surface area (Å²) in [5, 5.41) is 15.2. The molecule has 3 nitrogen and oxygen atoms in total. The van der Waals surface area contributed by atoms with Crippen LogP contribution in [0.3, 0.4) is 0 Å². The Morgan fingerprint density at radius 3 is 1.13 bits per heavy atom. The van der Waals surface area contributed by atoms with E-state index in [-0.39, 0.29) is 13.2 Å². The van der Waals surface area contributed by atoms with Gasteiger partial charge in [-0.05, 0) is 0 Å². The fraction of sp³-hybridized carbons (Fsp3) is 0.875. The molecule has 0 unspecified atom stereocenters. The first-order valence-electron chi connectivity index (χ1n) is 4.85. The van der Waals surface area contributed by atoms with E-state index >= 15 is 0 Å². The van der Waals surface area contributed by atoms with Crippen LogP contribution in [0.4, 0.5) is 52.7 Å². The molecule has 0 saturated carbocycles. The Balaban J connectivity index is 0. The van der Waals surface area contributed by atoms with E-state index in [2.05, 4.69) is 0 Å². The molecule has 0 aromatic rings. The molecule has 0 fully saturated rings. The van der Waals surface area contributed by atoms with Gasteiger partial charge in [0.15, 0.2) is 0 Å². The van der Waals surface area contributed by atoms with Crippen molar-refractivity contribution in [3.63, 3.8) is 0 Å². The van der Waals surface area contributed by atoms with Crippen molar-refractivity contribution in [1.29, 1.82) is 0 Å². The van der Waals surface area contributed by atoms with E-state index in [0.717, 1.165) is 0 Å². The summed E-state index contributed by atoms with van der Waals surface area (Å²) in [4.78, 5) is 9.85. The summed E-state index contributed by atoms with van der Waals surface area (Å²) in [6, 6.07) is 0. The number of ketones is 1. The van der Waals surface area contributed by atoms with Gasteiger partial charge in [-0.2, -0.15) is 52.7 Å². The lowest BCUT2D eigenvalue weighted by atomic mass is 10.00. The molecule has 0 bridgehead atoms. The van der Waals surface area contributed by atoms with Crippen LogP contribution in [0.5, 0.6) is 0 Å². The van der Waals surface area contributed by atoms with Crippen LogP contribution < -0.4 is 0 Å². The Kier molecular flexibility index (Phi) is 7.42. The number of aliphatic hydroxyl groups is 2. The summed E-state index contributed by atoms with van der Waals surface area (Å²) in [6.07, 6.45) is -14.0. The fourth-order valence-corrected chi connectivity index (χ4v) is 0.696. The van der Waals surface area contributed by atoms with E-state index in [1.165, 1.54) is 0 Å². The highest BCUT2D eigenvalue weighted by atomic mass is 19.4. The lowest BCUT2D eigenvalue weighted by Gasteiger charge is -2.32. The maximum Gasteiger partial charge on any atom is 0.460 e. The molecule has 15 heteroatoms. The zero-order valence-corrected chi connectivity index (χ0v) is 10.3. The van der Waals surface area contributed by atoms with Crippen molar-refractivity contribution in [1.82, 2.24) is 0 Å². The minimum atomic E-state index is -7.61. The van der Waals surface area contributed by atoms with E-state index in [0.29, 0.717) is 0 Å². The number of carbonyl (C=O) groups is 1. The molecule has 0 amide bonds. The molecule has 0 aliphatic rings. The predicted molar refractivity (Wildman–Crippen MR) is 46.1 cm³/mol. The minimum Gasteiger partial charge on any atom is -0.394 e. The molecule has 0 aromatic heterocycles. The maximum atomic E-state index is 12.3. The number of rotatable bonds is 4. The monoisotopic (exact) mass is 378 g/mol. The van der Waals surface area contributed by atoms with E-state index < -0.39 is 35.9 Å². The number of hydrogen-bond acceptors (Lipinski definition) is 3. The van der Waals surface area contributed by atoms with E-state index in [9.17, 15) is 57.5 Å². The van der Waals surface area contributed by atoms with Gasteiger partial charge in [0.1, 0.15) is 0 Å². The number of alkyl halides is 12. The summed E-state index contributed by atoms with van der Waals surface area (Å²) in [7, 11) is 0. The van der Waals surface area contributed by atoms with Crippen LogP contribution in [0.25, 0.3) is 0 Å². The van der Waals surface area contributed by atoms with Crippen LogP contribution in [0, 0.1) is 0 Å².